The van der Waals surface area contributed by atoms with E-state index in [9.17, 15) is 4.79 Å². The quantitative estimate of drug-likeness (QED) is 0.840. The van der Waals surface area contributed by atoms with Gasteiger partial charge in [0.2, 0.25) is 5.91 Å². The van der Waals surface area contributed by atoms with E-state index in [0.717, 1.165) is 5.56 Å². The molecule has 1 rings (SSSR count). The Labute approximate surface area is 106 Å². The van der Waals surface area contributed by atoms with Gasteiger partial charge < -0.3 is 15.8 Å². The largest absolute Gasteiger partial charge is 0.497 e. The van der Waals surface area contributed by atoms with Crippen LogP contribution in [0.3, 0.4) is 0 Å². The van der Waals surface area contributed by atoms with Crippen LogP contribution in [0, 0.1) is 5.92 Å². The Hall–Kier alpha value is -1.26. The highest BCUT2D eigenvalue weighted by Crippen LogP contribution is 2.22. The smallest absolute Gasteiger partial charge is 0.224 e. The van der Waals surface area contributed by atoms with E-state index >= 15 is 0 Å². The van der Waals surface area contributed by atoms with E-state index in [4.69, 9.17) is 22.1 Å². The number of carbonyl (C=O) groups is 1. The molecule has 1 amide bonds. The van der Waals surface area contributed by atoms with Crippen LogP contribution in [0.1, 0.15) is 12.5 Å². The Balaban J connectivity index is 2.61. The summed E-state index contributed by atoms with van der Waals surface area (Å²) in [4.78, 5) is 11.5. The summed E-state index contributed by atoms with van der Waals surface area (Å²) in [6.45, 7) is 2.51. The van der Waals surface area contributed by atoms with Crippen molar-refractivity contribution in [3.63, 3.8) is 0 Å². The molecule has 0 heterocycles. The minimum Gasteiger partial charge on any atom is -0.497 e. The maximum atomic E-state index is 11.5. The minimum atomic E-state index is -0.188. The Morgan fingerprint density at radius 1 is 1.59 bits per heavy atom. The number of benzene rings is 1. The normalized spacial score (nSPS) is 12.0. The Kier molecular flexibility index (Phi) is 5.25. The SMILES string of the molecule is COc1ccc(CNC(=O)C(C)CN)c(Cl)c1. The van der Waals surface area contributed by atoms with Gasteiger partial charge in [-0.3, -0.25) is 4.79 Å². The molecule has 3 N–H and O–H groups in total. The number of ether oxygens (including phenoxy) is 1. The van der Waals surface area contributed by atoms with Crippen LogP contribution in [0.25, 0.3) is 0 Å². The molecule has 0 saturated carbocycles. The zero-order valence-electron chi connectivity index (χ0n) is 10.00. The van der Waals surface area contributed by atoms with Crippen LogP contribution in [0.5, 0.6) is 5.75 Å². The van der Waals surface area contributed by atoms with E-state index in [0.29, 0.717) is 23.9 Å². The maximum absolute atomic E-state index is 11.5. The third-order valence-electron chi connectivity index (χ3n) is 2.51. The monoisotopic (exact) mass is 256 g/mol. The van der Waals surface area contributed by atoms with Crippen molar-refractivity contribution in [1.82, 2.24) is 5.32 Å². The van der Waals surface area contributed by atoms with Gasteiger partial charge in [-0.2, -0.15) is 0 Å². The Morgan fingerprint density at radius 2 is 2.29 bits per heavy atom. The molecule has 1 unspecified atom stereocenters. The van der Waals surface area contributed by atoms with Crippen molar-refractivity contribution in [2.45, 2.75) is 13.5 Å². The van der Waals surface area contributed by atoms with Crippen LogP contribution < -0.4 is 15.8 Å². The number of carbonyl (C=O) groups excluding carboxylic acids is 1. The highest BCUT2D eigenvalue weighted by molar-refractivity contribution is 6.31. The molecule has 94 valence electrons. The van der Waals surface area contributed by atoms with Gasteiger partial charge in [-0.25, -0.2) is 0 Å². The van der Waals surface area contributed by atoms with E-state index in [1.165, 1.54) is 0 Å². The molecule has 0 fully saturated rings. The number of hydrogen-bond donors (Lipinski definition) is 2. The lowest BCUT2D eigenvalue weighted by atomic mass is 10.1. The first kappa shape index (κ1) is 13.8. The van der Waals surface area contributed by atoms with Gasteiger partial charge in [0.05, 0.1) is 7.11 Å². The van der Waals surface area contributed by atoms with Crippen molar-refractivity contribution in [2.75, 3.05) is 13.7 Å². The summed E-state index contributed by atoms with van der Waals surface area (Å²) in [5.41, 5.74) is 6.26. The zero-order valence-corrected chi connectivity index (χ0v) is 10.8. The average molecular weight is 257 g/mol. The third-order valence-corrected chi connectivity index (χ3v) is 2.87. The average Bonchev–Trinajstić information content (AvgIpc) is 2.35. The third kappa shape index (κ3) is 3.91. The molecule has 1 aromatic carbocycles. The summed E-state index contributed by atoms with van der Waals surface area (Å²) < 4.78 is 5.04. The number of nitrogens with two attached hydrogens (primary N) is 1. The van der Waals surface area contributed by atoms with Gasteiger partial charge >= 0.3 is 0 Å². The maximum Gasteiger partial charge on any atom is 0.224 e. The van der Waals surface area contributed by atoms with Gasteiger partial charge in [0.15, 0.2) is 0 Å². The van der Waals surface area contributed by atoms with Crippen molar-refractivity contribution in [2.24, 2.45) is 11.7 Å². The molecule has 17 heavy (non-hydrogen) atoms. The van der Waals surface area contributed by atoms with E-state index < -0.39 is 0 Å². The molecule has 0 aliphatic rings. The van der Waals surface area contributed by atoms with Crippen LogP contribution in [-0.2, 0) is 11.3 Å². The molecule has 0 aromatic heterocycles. The van der Waals surface area contributed by atoms with Gasteiger partial charge in [0.1, 0.15) is 5.75 Å². The van der Waals surface area contributed by atoms with Crippen molar-refractivity contribution in [3.8, 4) is 5.75 Å². The lowest BCUT2D eigenvalue weighted by molar-refractivity contribution is -0.124. The molecule has 0 aliphatic heterocycles. The second kappa shape index (κ2) is 6.47. The fourth-order valence-corrected chi connectivity index (χ4v) is 1.50. The van der Waals surface area contributed by atoms with E-state index in [2.05, 4.69) is 5.32 Å². The summed E-state index contributed by atoms with van der Waals surface area (Å²) in [7, 11) is 1.58. The predicted octanol–water partition coefficient (Wildman–Crippen LogP) is 1.56. The number of amides is 1. The van der Waals surface area contributed by atoms with E-state index in [1.54, 1.807) is 26.2 Å². The molecule has 0 spiro atoms. The van der Waals surface area contributed by atoms with Gasteiger partial charge in [0, 0.05) is 24.0 Å². The molecule has 1 atom stereocenters. The number of nitrogens with one attached hydrogen (secondary N) is 1. The first-order valence-electron chi connectivity index (χ1n) is 5.38. The first-order chi connectivity index (χ1) is 8.08. The second-order valence-electron chi connectivity index (χ2n) is 3.81. The summed E-state index contributed by atoms with van der Waals surface area (Å²) in [6, 6.07) is 5.35. The standard InChI is InChI=1S/C12H17ClN2O2/c1-8(6-14)12(16)15-7-9-3-4-10(17-2)5-11(9)13/h3-5,8H,6-7,14H2,1-2H3,(H,15,16). The summed E-state index contributed by atoms with van der Waals surface area (Å²) in [5, 5.41) is 3.36. The first-order valence-corrected chi connectivity index (χ1v) is 5.76. The lowest BCUT2D eigenvalue weighted by Gasteiger charge is -2.11. The number of rotatable bonds is 5. The van der Waals surface area contributed by atoms with Gasteiger partial charge in [0.25, 0.3) is 0 Å². The number of methoxy groups -OCH3 is 1. The number of hydrogen-bond acceptors (Lipinski definition) is 3. The zero-order chi connectivity index (χ0) is 12.8. The van der Waals surface area contributed by atoms with Crippen LogP contribution in [-0.4, -0.2) is 19.6 Å². The molecular weight excluding hydrogens is 240 g/mol. The van der Waals surface area contributed by atoms with E-state index in [1.807, 2.05) is 6.07 Å². The van der Waals surface area contributed by atoms with Crippen molar-refractivity contribution >= 4 is 17.5 Å². The summed E-state index contributed by atoms with van der Waals surface area (Å²) in [5.74, 6) is 0.437. The van der Waals surface area contributed by atoms with Crippen molar-refractivity contribution in [3.05, 3.63) is 28.8 Å². The van der Waals surface area contributed by atoms with E-state index in [-0.39, 0.29) is 11.8 Å². The molecule has 0 bridgehead atoms. The van der Waals surface area contributed by atoms with Crippen LogP contribution in [0.2, 0.25) is 5.02 Å². The molecule has 0 radical (unpaired) electrons. The van der Waals surface area contributed by atoms with Crippen LogP contribution >= 0.6 is 11.6 Å². The van der Waals surface area contributed by atoms with Gasteiger partial charge in [-0.1, -0.05) is 24.6 Å². The predicted molar refractivity (Wildman–Crippen MR) is 68.1 cm³/mol. The topological polar surface area (TPSA) is 64.3 Å². The highest BCUT2D eigenvalue weighted by Gasteiger charge is 2.11. The van der Waals surface area contributed by atoms with Crippen LogP contribution in [0.4, 0.5) is 0 Å². The molecule has 4 nitrogen and oxygen atoms in total. The summed E-state index contributed by atoms with van der Waals surface area (Å²) in [6.07, 6.45) is 0. The lowest BCUT2D eigenvalue weighted by Crippen LogP contribution is -2.32. The van der Waals surface area contributed by atoms with Gasteiger partial charge in [-0.05, 0) is 17.7 Å². The molecule has 0 aliphatic carbocycles. The minimum absolute atomic E-state index is 0.0700. The fraction of sp³-hybridized carbons (Fsp3) is 0.417. The Bertz CT molecular complexity index is 396. The summed E-state index contributed by atoms with van der Waals surface area (Å²) >= 11 is 6.05. The van der Waals surface area contributed by atoms with Crippen LogP contribution in [0.15, 0.2) is 18.2 Å². The van der Waals surface area contributed by atoms with Crippen molar-refractivity contribution < 1.29 is 9.53 Å². The Morgan fingerprint density at radius 3 is 2.82 bits per heavy atom. The molecule has 0 saturated heterocycles. The highest BCUT2D eigenvalue weighted by atomic mass is 35.5. The van der Waals surface area contributed by atoms with Gasteiger partial charge in [-0.15, -0.1) is 0 Å². The second-order valence-corrected chi connectivity index (χ2v) is 4.22. The molecule has 5 heteroatoms. The molecule has 1 aromatic rings. The van der Waals surface area contributed by atoms with Crippen molar-refractivity contribution in [1.29, 1.82) is 0 Å². The molecular formula is C12H17ClN2O2. The number of halogens is 1. The fourth-order valence-electron chi connectivity index (χ4n) is 1.26.